The lowest BCUT2D eigenvalue weighted by Gasteiger charge is -2.44. The molecule has 18 N–H and O–H groups in total. The molecule has 4 aliphatic rings. The highest BCUT2D eigenvalue weighted by Crippen LogP contribution is 2.51. The van der Waals surface area contributed by atoms with Crippen LogP contribution in [0.1, 0.15) is 161 Å². The van der Waals surface area contributed by atoms with Gasteiger partial charge in [0, 0.05) is 0 Å². The van der Waals surface area contributed by atoms with Crippen molar-refractivity contribution in [1.29, 1.82) is 0 Å². The Balaban J connectivity index is 0.000000205. The quantitative estimate of drug-likeness (QED) is 0.0160. The minimum atomic E-state index is -5.14. The van der Waals surface area contributed by atoms with E-state index in [2.05, 4.69) is 271 Å². The van der Waals surface area contributed by atoms with Crippen LogP contribution in [-0.2, 0) is 79.7 Å². The first kappa shape index (κ1) is 120. The second kappa shape index (κ2) is 44.7. The summed E-state index contributed by atoms with van der Waals surface area (Å²) in [6.07, 6.45) is -7.22. The number of imidazole rings is 4. The molecular formula is C90H148F2N20O27S2Si6. The van der Waals surface area contributed by atoms with Crippen molar-refractivity contribution in [3.8, 4) is 17.4 Å². The molecule has 0 amide bonds. The number of H-pyrrole nitrogens is 3. The predicted octanol–water partition coefficient (Wildman–Crippen LogP) is 10.1. The van der Waals surface area contributed by atoms with E-state index in [1.54, 1.807) is 29.4 Å². The van der Waals surface area contributed by atoms with Crippen molar-refractivity contribution >= 4 is 139 Å². The third-order valence-electron chi connectivity index (χ3n) is 29.0. The fourth-order valence-corrected chi connectivity index (χ4v) is 22.1. The number of nitrogens with one attached hydrogen (secondary N) is 3. The van der Waals surface area contributed by atoms with Crippen LogP contribution in [0.2, 0.25) is 109 Å². The molecule has 16 atom stereocenters. The number of aliphatic hydroxyl groups excluding tert-OH is 7. The van der Waals surface area contributed by atoms with Crippen LogP contribution in [0.25, 0.3) is 44.7 Å². The van der Waals surface area contributed by atoms with Crippen LogP contribution in [0, 0.1) is 0 Å². The first-order chi connectivity index (χ1) is 67.3. The molecule has 0 radical (unpaired) electrons. The van der Waals surface area contributed by atoms with Crippen molar-refractivity contribution in [2.24, 2.45) is 0 Å². The molecule has 820 valence electrons. The van der Waals surface area contributed by atoms with Crippen LogP contribution < -0.4 is 52.7 Å². The second-order valence-corrected chi connectivity index (χ2v) is 76.4. The summed E-state index contributed by atoms with van der Waals surface area (Å²) in [7, 11) is -23.7. The van der Waals surface area contributed by atoms with Crippen LogP contribution >= 0.6 is 0 Å². The number of nitrogen functional groups attached to an aromatic ring is 4. The second-order valence-electron chi connectivity index (χ2n) is 45.8. The number of halogens is 2. The monoisotopic (exact) mass is 2210 g/mol. The summed E-state index contributed by atoms with van der Waals surface area (Å²) in [4.78, 5) is 81.2. The molecule has 0 saturated carbocycles. The van der Waals surface area contributed by atoms with Gasteiger partial charge in [0.1, 0.15) is 91.4 Å². The van der Waals surface area contributed by atoms with Crippen LogP contribution in [0.3, 0.4) is 0 Å². The molecule has 12 heterocycles. The SMILES string of the molecule is CC(C)(C)[Si](C)(C)OC[C@H]1O[C@@H](n2cnc3c(=O)[nH]c(N)nc32)[C@@H](O[Si](C)(C)C(C)(C)C)C1O[Si](C)(C)C(C)(C)C.CC(C)(C)[Si](C)(C)OC[C@H]1O[C@@H](n2cnc3c(OCc4ccc(OS(=O)(=O)F)cc4)nc(N)nc32)[C@@H](O[Si](C)(C)C(C)(C)C)C1O[Si](C)(C)C(C)(C)C.Nc1nc2c(ncn2[C@@H]2O[C@H](CO)C(O)[C@@H]2O)c(=O)[nH]1.Nc1nc2c(ncn2[C@@H]2O[C@H](CO)C(O)[C@@H]2O)c(=O)[nH]1.O=S(=O)(F)Oc1ccc(CO)cc1. The lowest BCUT2D eigenvalue weighted by atomic mass is 10.1. The van der Waals surface area contributed by atoms with Gasteiger partial charge in [-0.15, -0.1) is 0 Å². The minimum absolute atomic E-state index is 0.00587. The molecule has 8 aromatic heterocycles. The summed E-state index contributed by atoms with van der Waals surface area (Å²) in [6, 6.07) is 11.1. The number of nitrogens with two attached hydrogens (primary N) is 4. The van der Waals surface area contributed by atoms with Gasteiger partial charge in [0.2, 0.25) is 29.7 Å². The number of aromatic nitrogens is 16. The average Bonchev–Trinajstić information content (AvgIpc) is 1.58. The average molecular weight is 2210 g/mol. The molecule has 14 rings (SSSR count). The van der Waals surface area contributed by atoms with E-state index in [9.17, 15) is 59.4 Å². The maximum Gasteiger partial charge on any atom is 0.488 e. The van der Waals surface area contributed by atoms with Crippen molar-refractivity contribution in [2.45, 2.75) is 345 Å². The molecule has 0 aliphatic carbocycles. The number of hydrogen-bond acceptors (Lipinski definition) is 40. The van der Waals surface area contributed by atoms with Gasteiger partial charge in [-0.05, 0) is 144 Å². The Morgan fingerprint density at radius 3 is 0.925 bits per heavy atom. The smallest absolute Gasteiger partial charge is 0.471 e. The maximum absolute atomic E-state index is 13.0. The van der Waals surface area contributed by atoms with Gasteiger partial charge in [-0.2, -0.15) is 41.8 Å². The highest BCUT2D eigenvalue weighted by Gasteiger charge is 2.59. The number of rotatable bonds is 28. The minimum Gasteiger partial charge on any atom is -0.471 e. The molecule has 57 heteroatoms. The number of aromatic amines is 3. The molecular weight excluding hydrogens is 2060 g/mol. The van der Waals surface area contributed by atoms with Crippen molar-refractivity contribution in [2.75, 3.05) is 49.4 Å². The van der Waals surface area contributed by atoms with Crippen molar-refractivity contribution in [1.82, 2.24) is 78.1 Å². The lowest BCUT2D eigenvalue weighted by Crippen LogP contribution is -2.54. The summed E-state index contributed by atoms with van der Waals surface area (Å²) in [5.41, 5.74) is 24.6. The summed E-state index contributed by atoms with van der Waals surface area (Å²) in [6.45, 7) is 66.5. The molecule has 47 nitrogen and oxygen atoms in total. The van der Waals surface area contributed by atoms with Crippen molar-refractivity contribution < 1.29 is 119 Å². The van der Waals surface area contributed by atoms with Gasteiger partial charge in [-0.3, -0.25) is 47.6 Å². The van der Waals surface area contributed by atoms with Crippen molar-refractivity contribution in [3.05, 3.63) is 116 Å². The maximum atomic E-state index is 13.0. The van der Waals surface area contributed by atoms with Gasteiger partial charge in [0.05, 0.1) is 58.3 Å². The Hall–Kier alpha value is -8.98. The van der Waals surface area contributed by atoms with Gasteiger partial charge >= 0.3 is 21.0 Å². The number of ether oxygens (including phenoxy) is 5. The number of anilines is 4. The zero-order valence-electron chi connectivity index (χ0n) is 88.9. The van der Waals surface area contributed by atoms with E-state index >= 15 is 0 Å². The van der Waals surface area contributed by atoms with Gasteiger partial charge in [0.25, 0.3) is 16.7 Å². The number of nitrogens with zero attached hydrogens (tertiary/aromatic N) is 13. The first-order valence-corrected chi connectivity index (χ1v) is 67.8. The Bertz CT molecular complexity index is 6520. The molecule has 4 fully saturated rings. The fraction of sp³-hybridized carbons (Fsp3) is 0.644. The van der Waals surface area contributed by atoms with Crippen LogP contribution in [-0.4, -0.2) is 280 Å². The van der Waals surface area contributed by atoms with E-state index in [4.69, 9.17) is 88.5 Å². The van der Waals surface area contributed by atoms with E-state index < -0.39 is 199 Å². The largest absolute Gasteiger partial charge is 0.488 e. The Labute approximate surface area is 858 Å². The number of aliphatic hydroxyl groups is 7. The third kappa shape index (κ3) is 28.1. The first-order valence-electron chi connectivity index (χ1n) is 47.7. The number of fused-ring (bicyclic) bond motifs is 4. The molecule has 147 heavy (non-hydrogen) atoms. The van der Waals surface area contributed by atoms with Crippen molar-refractivity contribution in [3.63, 3.8) is 0 Å². The van der Waals surface area contributed by atoms with E-state index in [0.717, 1.165) is 0 Å². The highest BCUT2D eigenvalue weighted by molar-refractivity contribution is 7.82. The van der Waals surface area contributed by atoms with Crippen LogP contribution in [0.5, 0.6) is 17.4 Å². The predicted molar refractivity (Wildman–Crippen MR) is 560 cm³/mol. The molecule has 4 saturated heterocycles. The van der Waals surface area contributed by atoms with Gasteiger partial charge in [-0.1, -0.05) is 157 Å². The van der Waals surface area contributed by atoms with E-state index in [1.165, 1.54) is 58.2 Å². The normalized spacial score (nSPS) is 23.3. The summed E-state index contributed by atoms with van der Waals surface area (Å²) < 4.78 is 154. The lowest BCUT2D eigenvalue weighted by molar-refractivity contribution is -0.0511. The molecule has 10 aromatic rings. The molecule has 0 bridgehead atoms. The topological polar surface area (TPSA) is 668 Å². The summed E-state index contributed by atoms with van der Waals surface area (Å²) in [5.74, 6) is -0.358. The highest BCUT2D eigenvalue weighted by atomic mass is 32.3. The molecule has 0 spiro atoms. The summed E-state index contributed by atoms with van der Waals surface area (Å²) in [5, 5.41) is 65.9. The summed E-state index contributed by atoms with van der Waals surface area (Å²) >= 11 is 0. The Morgan fingerprint density at radius 1 is 0.374 bits per heavy atom. The van der Waals surface area contributed by atoms with Gasteiger partial charge < -0.3 is 117 Å². The zero-order chi connectivity index (χ0) is 110. The zero-order valence-corrected chi connectivity index (χ0v) is 96.5. The van der Waals surface area contributed by atoms with Crippen LogP contribution in [0.4, 0.5) is 31.6 Å². The fourth-order valence-electron chi connectivity index (χ4n) is 14.2. The number of benzene rings is 2. The van der Waals surface area contributed by atoms with Gasteiger partial charge in [-0.25, -0.2) is 19.9 Å². The molecule has 4 aliphatic heterocycles. The van der Waals surface area contributed by atoms with E-state index in [1.807, 2.05) is 4.57 Å². The standard InChI is InChI=1S/C35H60FN5O8SSi3.C28H55N5O5Si3.2C10H13N5O5.C7H7FO4S/c1-33(2,3)51(10,11)45-21-25-27(48-52(12,13)34(4,5)6)28(49-53(14,15)35(7,8)9)31(46-25)41-22-38-26-29(41)39-32(37)40-30(26)44-20-23-16-18-24(19-17-23)47-50(36,42)43;1-26(2,3)39(10,11)35-16-18-20(37-40(12,13)27(4,5)6)21(38-41(14,15)28(7,8)9)24(36-18)33-17-30-19-22(33)31-25(29)32-23(19)34;2*11-10-13-7-4(8(19)14-10)12-2-15(7)9-6(18)5(17)3(1-16)20-9;8-13(10,11)12-7-3-1-6(5-9)2-4-7/h16-19,22,25,27-28,31H,20-21H2,1-15H3,(H2,37,39,40);17-18,20-21,24H,16H2,1-15H3,(H3,29,31,32,34);2*2-3,5-6,9,16-18H,1H2,(H3,11,13,14,19);1-4,9H,5H2/t25-,27?,28+,31-;18-,20?,21+,24-;2*3-,5?,6+,9-;/m1111./s1. The Kier molecular flexibility index (Phi) is 36.5. The number of hydrogen-bond donors (Lipinski definition) is 14. The van der Waals surface area contributed by atoms with E-state index in [-0.39, 0.29) is 112 Å². The third-order valence-corrected chi connectivity index (χ3v) is 56.7. The molecule has 4 unspecified atom stereocenters. The van der Waals surface area contributed by atoms with Crippen LogP contribution in [0.15, 0.2) is 88.2 Å². The van der Waals surface area contributed by atoms with E-state index in [0.29, 0.717) is 41.2 Å². The molecule has 2 aromatic carbocycles. The van der Waals surface area contributed by atoms with Gasteiger partial charge in [0.15, 0.2) is 119 Å². The Morgan fingerprint density at radius 2 is 0.646 bits per heavy atom.